The molecule has 0 aliphatic rings. The van der Waals surface area contributed by atoms with Crippen LogP contribution in [0, 0.1) is 6.92 Å². The molecule has 0 saturated heterocycles. The predicted octanol–water partition coefficient (Wildman–Crippen LogP) is 2.35. The summed E-state index contributed by atoms with van der Waals surface area (Å²) in [6.45, 7) is 4.84. The van der Waals surface area contributed by atoms with Crippen molar-refractivity contribution in [1.82, 2.24) is 4.98 Å². The normalized spacial score (nSPS) is 10.4. The zero-order chi connectivity index (χ0) is 9.68. The minimum atomic E-state index is 0.576. The summed E-state index contributed by atoms with van der Waals surface area (Å²) >= 11 is 1.81. The van der Waals surface area contributed by atoms with Crippen molar-refractivity contribution in [3.8, 4) is 0 Å². The van der Waals surface area contributed by atoms with Gasteiger partial charge in [0.1, 0.15) is 0 Å². The number of hydrogen-bond acceptors (Lipinski definition) is 3. The number of thioether (sulfide) groups is 1. The van der Waals surface area contributed by atoms with Crippen molar-refractivity contribution in [2.75, 3.05) is 5.75 Å². The number of nitrogens with zero attached hydrogens (tertiary/aromatic N) is 1. The van der Waals surface area contributed by atoms with Crippen molar-refractivity contribution >= 4 is 11.8 Å². The summed E-state index contributed by atoms with van der Waals surface area (Å²) in [5.41, 5.74) is 7.87. The summed E-state index contributed by atoms with van der Waals surface area (Å²) in [6, 6.07) is 2.12. The molecule has 1 aromatic rings. The smallest absolute Gasteiger partial charge is 0.0989 e. The Bertz CT molecular complexity index is 274. The Balaban J connectivity index is 2.73. The molecule has 0 saturated carbocycles. The van der Waals surface area contributed by atoms with Crippen LogP contribution < -0.4 is 5.73 Å². The quantitative estimate of drug-likeness (QED) is 0.751. The largest absolute Gasteiger partial charge is 0.326 e. The van der Waals surface area contributed by atoms with Gasteiger partial charge in [-0.15, -0.1) is 11.8 Å². The molecule has 2 N–H and O–H groups in total. The highest BCUT2D eigenvalue weighted by Crippen LogP contribution is 2.20. The Morgan fingerprint density at radius 3 is 2.85 bits per heavy atom. The maximum Gasteiger partial charge on any atom is 0.0989 e. The molecule has 0 aromatic carbocycles. The number of hydrogen-bond donors (Lipinski definition) is 1. The van der Waals surface area contributed by atoms with Crippen LogP contribution in [0.2, 0.25) is 0 Å². The number of rotatable bonds is 4. The minimum Gasteiger partial charge on any atom is -0.326 e. The highest BCUT2D eigenvalue weighted by atomic mass is 32.2. The van der Waals surface area contributed by atoms with E-state index in [1.165, 1.54) is 12.0 Å². The van der Waals surface area contributed by atoms with Gasteiger partial charge in [-0.25, -0.2) is 4.98 Å². The third-order valence-corrected chi connectivity index (χ3v) is 3.08. The molecule has 0 spiro atoms. The molecule has 3 heteroatoms. The van der Waals surface area contributed by atoms with Gasteiger partial charge in [-0.1, -0.05) is 13.0 Å². The topological polar surface area (TPSA) is 38.9 Å². The second kappa shape index (κ2) is 5.25. The van der Waals surface area contributed by atoms with Gasteiger partial charge < -0.3 is 5.73 Å². The predicted molar refractivity (Wildman–Crippen MR) is 57.9 cm³/mol. The molecule has 1 aromatic heterocycles. The van der Waals surface area contributed by atoms with Crippen LogP contribution in [0.5, 0.6) is 0 Å². The average Bonchev–Trinajstić information content (AvgIpc) is 2.16. The summed E-state index contributed by atoms with van der Waals surface area (Å²) < 4.78 is 0. The SMILES string of the molecule is CCCSc1ncc(CN)cc1C. The zero-order valence-electron chi connectivity index (χ0n) is 8.21. The van der Waals surface area contributed by atoms with Gasteiger partial charge in [0.15, 0.2) is 0 Å². The number of pyridine rings is 1. The van der Waals surface area contributed by atoms with Crippen molar-refractivity contribution in [3.05, 3.63) is 23.4 Å². The monoisotopic (exact) mass is 196 g/mol. The summed E-state index contributed by atoms with van der Waals surface area (Å²) in [7, 11) is 0. The molecule has 2 nitrogen and oxygen atoms in total. The van der Waals surface area contributed by atoms with E-state index in [9.17, 15) is 0 Å². The first-order valence-electron chi connectivity index (χ1n) is 4.56. The molecule has 1 heterocycles. The Kier molecular flexibility index (Phi) is 4.25. The summed E-state index contributed by atoms with van der Waals surface area (Å²) in [5.74, 6) is 1.13. The molecule has 0 radical (unpaired) electrons. The maximum absolute atomic E-state index is 5.52. The molecule has 0 amide bonds. The molecular weight excluding hydrogens is 180 g/mol. The van der Waals surface area contributed by atoms with E-state index in [0.29, 0.717) is 6.54 Å². The summed E-state index contributed by atoms with van der Waals surface area (Å²) in [5, 5.41) is 1.14. The van der Waals surface area contributed by atoms with Crippen LogP contribution in [-0.2, 0) is 6.54 Å². The standard InChI is InChI=1S/C10H16N2S/c1-3-4-13-10-8(2)5-9(6-11)7-12-10/h5,7H,3-4,6,11H2,1-2H3. The lowest BCUT2D eigenvalue weighted by atomic mass is 10.2. The van der Waals surface area contributed by atoms with Gasteiger partial charge >= 0.3 is 0 Å². The van der Waals surface area contributed by atoms with Gasteiger partial charge in [-0.2, -0.15) is 0 Å². The van der Waals surface area contributed by atoms with E-state index in [1.54, 1.807) is 0 Å². The molecule has 0 fully saturated rings. The lowest BCUT2D eigenvalue weighted by Crippen LogP contribution is -1.98. The van der Waals surface area contributed by atoms with Crippen molar-refractivity contribution < 1.29 is 0 Å². The van der Waals surface area contributed by atoms with Crippen LogP contribution in [0.25, 0.3) is 0 Å². The molecule has 1 rings (SSSR count). The third kappa shape index (κ3) is 3.01. The molecule has 72 valence electrons. The Morgan fingerprint density at radius 2 is 2.31 bits per heavy atom. The highest BCUT2D eigenvalue weighted by Gasteiger charge is 2.00. The molecule has 0 aliphatic heterocycles. The van der Waals surface area contributed by atoms with Crippen molar-refractivity contribution in [2.45, 2.75) is 31.8 Å². The Labute approximate surface area is 83.9 Å². The third-order valence-electron chi connectivity index (χ3n) is 1.77. The van der Waals surface area contributed by atoms with E-state index in [1.807, 2.05) is 18.0 Å². The number of nitrogens with two attached hydrogens (primary N) is 1. The Hall–Kier alpha value is -0.540. The average molecular weight is 196 g/mol. The first-order chi connectivity index (χ1) is 6.27. The fourth-order valence-electron chi connectivity index (χ4n) is 1.08. The summed E-state index contributed by atoms with van der Waals surface area (Å²) in [6.07, 6.45) is 3.05. The van der Waals surface area contributed by atoms with Crippen molar-refractivity contribution in [3.63, 3.8) is 0 Å². The van der Waals surface area contributed by atoms with Crippen LogP contribution in [0.1, 0.15) is 24.5 Å². The van der Waals surface area contributed by atoms with Gasteiger partial charge in [0, 0.05) is 12.7 Å². The fourth-order valence-corrected chi connectivity index (χ4v) is 1.89. The lowest BCUT2D eigenvalue weighted by Gasteiger charge is -2.04. The van der Waals surface area contributed by atoms with Crippen molar-refractivity contribution in [1.29, 1.82) is 0 Å². The number of aromatic nitrogens is 1. The summed E-state index contributed by atoms with van der Waals surface area (Å²) in [4.78, 5) is 4.37. The van der Waals surface area contributed by atoms with Gasteiger partial charge in [-0.3, -0.25) is 0 Å². The minimum absolute atomic E-state index is 0.576. The van der Waals surface area contributed by atoms with E-state index >= 15 is 0 Å². The molecule has 0 bridgehead atoms. The van der Waals surface area contributed by atoms with Gasteiger partial charge in [-0.05, 0) is 30.2 Å². The van der Waals surface area contributed by atoms with Gasteiger partial charge in [0.25, 0.3) is 0 Å². The van der Waals surface area contributed by atoms with Crippen LogP contribution in [0.4, 0.5) is 0 Å². The first kappa shape index (κ1) is 10.5. The van der Waals surface area contributed by atoms with Crippen LogP contribution in [0.15, 0.2) is 17.3 Å². The van der Waals surface area contributed by atoms with E-state index in [-0.39, 0.29) is 0 Å². The van der Waals surface area contributed by atoms with Gasteiger partial charge in [0.05, 0.1) is 5.03 Å². The van der Waals surface area contributed by atoms with E-state index in [4.69, 9.17) is 5.73 Å². The van der Waals surface area contributed by atoms with Gasteiger partial charge in [0.2, 0.25) is 0 Å². The molecule has 0 aliphatic carbocycles. The second-order valence-electron chi connectivity index (χ2n) is 3.02. The van der Waals surface area contributed by atoms with Crippen LogP contribution >= 0.6 is 11.8 Å². The van der Waals surface area contributed by atoms with E-state index in [0.717, 1.165) is 16.3 Å². The Morgan fingerprint density at radius 1 is 1.54 bits per heavy atom. The van der Waals surface area contributed by atoms with E-state index < -0.39 is 0 Å². The fraction of sp³-hybridized carbons (Fsp3) is 0.500. The second-order valence-corrected chi connectivity index (χ2v) is 4.10. The zero-order valence-corrected chi connectivity index (χ0v) is 9.03. The first-order valence-corrected chi connectivity index (χ1v) is 5.55. The van der Waals surface area contributed by atoms with Crippen LogP contribution in [-0.4, -0.2) is 10.7 Å². The molecule has 13 heavy (non-hydrogen) atoms. The van der Waals surface area contributed by atoms with Crippen molar-refractivity contribution in [2.24, 2.45) is 5.73 Å². The van der Waals surface area contributed by atoms with E-state index in [2.05, 4.69) is 24.9 Å². The highest BCUT2D eigenvalue weighted by molar-refractivity contribution is 7.99. The molecular formula is C10H16N2S. The molecule has 0 unspecified atom stereocenters. The lowest BCUT2D eigenvalue weighted by molar-refractivity contribution is 0.985. The number of aryl methyl sites for hydroxylation is 1. The molecule has 0 atom stereocenters. The maximum atomic E-state index is 5.52. The van der Waals surface area contributed by atoms with Crippen LogP contribution in [0.3, 0.4) is 0 Å².